The summed E-state index contributed by atoms with van der Waals surface area (Å²) >= 11 is 5.58. The molecule has 1 aromatic carbocycles. The van der Waals surface area contributed by atoms with Crippen LogP contribution in [-0.4, -0.2) is 24.7 Å². The highest BCUT2D eigenvalue weighted by atomic mass is 35.5. The van der Waals surface area contributed by atoms with Crippen LogP contribution in [0.4, 0.5) is 10.1 Å². The second-order valence-electron chi connectivity index (χ2n) is 3.07. The molecule has 1 aromatic rings. The van der Waals surface area contributed by atoms with E-state index >= 15 is 0 Å². The predicted molar refractivity (Wildman–Crippen MR) is 58.2 cm³/mol. The van der Waals surface area contributed by atoms with Gasteiger partial charge < -0.3 is 15.2 Å². The van der Waals surface area contributed by atoms with Crippen LogP contribution >= 0.6 is 11.6 Å². The molecule has 0 atom stereocenters. The zero-order chi connectivity index (χ0) is 12.1. The van der Waals surface area contributed by atoms with Gasteiger partial charge in [0.05, 0.1) is 23.7 Å². The Labute approximate surface area is 97.0 Å². The van der Waals surface area contributed by atoms with Crippen LogP contribution < -0.4 is 5.32 Å². The van der Waals surface area contributed by atoms with Crippen LogP contribution in [0.25, 0.3) is 0 Å². The largest absolute Gasteiger partial charge is 0.506 e. The molecule has 88 valence electrons. The number of carbonyl (C=O) groups is 1. The third-order valence-corrected chi connectivity index (χ3v) is 2.15. The van der Waals surface area contributed by atoms with Crippen LogP contribution in [0.15, 0.2) is 12.1 Å². The van der Waals surface area contributed by atoms with Crippen molar-refractivity contribution in [1.29, 1.82) is 0 Å². The number of hydrogen-bond acceptors (Lipinski definition) is 3. The van der Waals surface area contributed by atoms with Crippen LogP contribution in [0.2, 0.25) is 5.02 Å². The van der Waals surface area contributed by atoms with Crippen molar-refractivity contribution in [3.05, 3.63) is 23.0 Å². The van der Waals surface area contributed by atoms with Crippen LogP contribution in [0.3, 0.4) is 0 Å². The summed E-state index contributed by atoms with van der Waals surface area (Å²) in [6.45, 7) is 0.249. The van der Waals surface area contributed by atoms with Gasteiger partial charge in [0.15, 0.2) is 0 Å². The molecule has 16 heavy (non-hydrogen) atoms. The molecule has 0 aromatic heterocycles. The first-order valence-electron chi connectivity index (χ1n) is 4.51. The number of nitrogens with one attached hydrogen (secondary N) is 1. The molecule has 0 unspecified atom stereocenters. The van der Waals surface area contributed by atoms with Gasteiger partial charge in [-0.15, -0.1) is 0 Å². The van der Waals surface area contributed by atoms with Gasteiger partial charge in [-0.1, -0.05) is 11.6 Å². The summed E-state index contributed by atoms with van der Waals surface area (Å²) in [5.41, 5.74) is -0.0658. The van der Waals surface area contributed by atoms with Gasteiger partial charge in [0.1, 0.15) is 11.6 Å². The zero-order valence-corrected chi connectivity index (χ0v) is 9.34. The monoisotopic (exact) mass is 247 g/mol. The van der Waals surface area contributed by atoms with Gasteiger partial charge in [-0.2, -0.15) is 0 Å². The van der Waals surface area contributed by atoms with Gasteiger partial charge in [-0.25, -0.2) is 4.39 Å². The summed E-state index contributed by atoms with van der Waals surface area (Å²) in [4.78, 5) is 11.3. The van der Waals surface area contributed by atoms with Crippen molar-refractivity contribution >= 4 is 23.2 Å². The summed E-state index contributed by atoms with van der Waals surface area (Å²) in [5.74, 6) is -1.50. The fourth-order valence-corrected chi connectivity index (χ4v) is 1.20. The molecule has 0 saturated carbocycles. The molecule has 0 aliphatic carbocycles. The smallest absolute Gasteiger partial charge is 0.226 e. The minimum Gasteiger partial charge on any atom is -0.506 e. The molecule has 0 bridgehead atoms. The Morgan fingerprint density at radius 2 is 2.31 bits per heavy atom. The zero-order valence-electron chi connectivity index (χ0n) is 8.59. The minimum absolute atomic E-state index is 0.0246. The van der Waals surface area contributed by atoms with E-state index in [0.29, 0.717) is 0 Å². The lowest BCUT2D eigenvalue weighted by molar-refractivity contribution is -0.117. The van der Waals surface area contributed by atoms with E-state index in [4.69, 9.17) is 21.4 Å². The second-order valence-corrected chi connectivity index (χ2v) is 3.48. The summed E-state index contributed by atoms with van der Waals surface area (Å²) in [6.07, 6.45) is 0.119. The number of ether oxygens (including phenoxy) is 1. The molecule has 0 fully saturated rings. The molecule has 0 saturated heterocycles. The molecular weight excluding hydrogens is 237 g/mol. The quantitative estimate of drug-likeness (QED) is 0.802. The number of phenolic OH excluding ortho intramolecular Hbond substituents is 1. The molecule has 6 heteroatoms. The lowest BCUT2D eigenvalue weighted by Crippen LogP contribution is -2.14. The maximum atomic E-state index is 13.2. The highest BCUT2D eigenvalue weighted by Gasteiger charge is 2.10. The number of halogens is 2. The van der Waals surface area contributed by atoms with Gasteiger partial charge in [0.25, 0.3) is 0 Å². The normalized spacial score (nSPS) is 10.2. The molecular formula is C10H11ClFNO3. The first-order valence-corrected chi connectivity index (χ1v) is 4.89. The summed E-state index contributed by atoms with van der Waals surface area (Å²) in [5, 5.41) is 11.4. The average molecular weight is 248 g/mol. The molecule has 2 N–H and O–H groups in total. The van der Waals surface area contributed by atoms with E-state index in [1.54, 1.807) is 0 Å². The number of aromatic hydroxyl groups is 1. The lowest BCUT2D eigenvalue weighted by atomic mass is 10.2. The highest BCUT2D eigenvalue weighted by molar-refractivity contribution is 6.32. The molecule has 0 radical (unpaired) electrons. The number of rotatable bonds is 4. The molecule has 0 aliphatic heterocycles. The molecule has 0 spiro atoms. The SMILES string of the molecule is COCCC(=O)Nc1cc(Cl)c(O)cc1F. The van der Waals surface area contributed by atoms with E-state index in [2.05, 4.69) is 5.32 Å². The van der Waals surface area contributed by atoms with Gasteiger partial charge in [-0.3, -0.25) is 4.79 Å². The maximum Gasteiger partial charge on any atom is 0.226 e. The molecule has 0 aliphatic rings. The Morgan fingerprint density at radius 1 is 1.62 bits per heavy atom. The van der Waals surface area contributed by atoms with Crippen molar-refractivity contribution < 1.29 is 19.0 Å². The van der Waals surface area contributed by atoms with Crippen molar-refractivity contribution in [1.82, 2.24) is 0 Å². The van der Waals surface area contributed by atoms with E-state index in [1.165, 1.54) is 7.11 Å². The summed E-state index contributed by atoms with van der Waals surface area (Å²) in [7, 11) is 1.46. The van der Waals surface area contributed by atoms with Gasteiger partial charge in [0.2, 0.25) is 5.91 Å². The van der Waals surface area contributed by atoms with Crippen LogP contribution in [0.5, 0.6) is 5.75 Å². The number of anilines is 1. The third kappa shape index (κ3) is 3.36. The van der Waals surface area contributed by atoms with Crippen molar-refractivity contribution in [2.75, 3.05) is 19.0 Å². The average Bonchev–Trinajstić information content (AvgIpc) is 2.23. The fourth-order valence-electron chi connectivity index (χ4n) is 1.04. The van der Waals surface area contributed by atoms with Gasteiger partial charge in [0, 0.05) is 13.2 Å². The second kappa shape index (κ2) is 5.67. The number of phenols is 1. The van der Waals surface area contributed by atoms with E-state index in [0.717, 1.165) is 12.1 Å². The fraction of sp³-hybridized carbons (Fsp3) is 0.300. The highest BCUT2D eigenvalue weighted by Crippen LogP contribution is 2.29. The molecule has 1 rings (SSSR count). The van der Waals surface area contributed by atoms with E-state index in [1.807, 2.05) is 0 Å². The Morgan fingerprint density at radius 3 is 2.94 bits per heavy atom. The molecule has 4 nitrogen and oxygen atoms in total. The number of amides is 1. The minimum atomic E-state index is -0.743. The summed E-state index contributed by atoms with van der Waals surface area (Å²) < 4.78 is 18.0. The van der Waals surface area contributed by atoms with Crippen LogP contribution in [0, 0.1) is 5.82 Å². The first kappa shape index (κ1) is 12.7. The predicted octanol–water partition coefficient (Wildman–Crippen LogP) is 2.16. The van der Waals surface area contributed by atoms with E-state index in [-0.39, 0.29) is 35.4 Å². The van der Waals surface area contributed by atoms with Gasteiger partial charge in [-0.05, 0) is 6.07 Å². The Balaban J connectivity index is 2.73. The first-order chi connectivity index (χ1) is 7.54. The molecule has 0 heterocycles. The number of carbonyl (C=O) groups excluding carboxylic acids is 1. The van der Waals surface area contributed by atoms with Gasteiger partial charge >= 0.3 is 0 Å². The molecule has 1 amide bonds. The summed E-state index contributed by atoms with van der Waals surface area (Å²) in [6, 6.07) is 1.99. The Bertz CT molecular complexity index is 398. The Kier molecular flexibility index (Phi) is 4.52. The maximum absolute atomic E-state index is 13.2. The van der Waals surface area contributed by atoms with Crippen molar-refractivity contribution in [3.63, 3.8) is 0 Å². The van der Waals surface area contributed by atoms with Crippen LogP contribution in [0.1, 0.15) is 6.42 Å². The van der Waals surface area contributed by atoms with E-state index < -0.39 is 5.82 Å². The third-order valence-electron chi connectivity index (χ3n) is 1.84. The number of methoxy groups -OCH3 is 1. The Hall–Kier alpha value is -1.33. The lowest BCUT2D eigenvalue weighted by Gasteiger charge is -2.07. The van der Waals surface area contributed by atoms with Crippen molar-refractivity contribution in [2.24, 2.45) is 0 Å². The van der Waals surface area contributed by atoms with Crippen molar-refractivity contribution in [2.45, 2.75) is 6.42 Å². The number of hydrogen-bond donors (Lipinski definition) is 2. The topological polar surface area (TPSA) is 58.6 Å². The van der Waals surface area contributed by atoms with Crippen molar-refractivity contribution in [3.8, 4) is 5.75 Å². The van der Waals surface area contributed by atoms with Crippen LogP contribution in [-0.2, 0) is 9.53 Å². The van der Waals surface area contributed by atoms with E-state index in [9.17, 15) is 9.18 Å². The number of benzene rings is 1. The standard InChI is InChI=1S/C10H11ClFNO3/c1-16-3-2-10(15)13-8-4-6(11)9(14)5-7(8)12/h4-5,14H,2-3H2,1H3,(H,13,15).